The zero-order chi connectivity index (χ0) is 13.7. The predicted octanol–water partition coefficient (Wildman–Crippen LogP) is 0.994. The van der Waals surface area contributed by atoms with Gasteiger partial charge in [-0.05, 0) is 18.6 Å². The largest absolute Gasteiger partial charge is 0.504 e. The van der Waals surface area contributed by atoms with Gasteiger partial charge in [-0.25, -0.2) is 4.79 Å². The maximum atomic E-state index is 11.8. The third kappa shape index (κ3) is 2.91. The quantitative estimate of drug-likeness (QED) is 0.727. The lowest BCUT2D eigenvalue weighted by Crippen LogP contribution is -2.40. The summed E-state index contributed by atoms with van der Waals surface area (Å²) in [4.78, 5) is 22.6. The lowest BCUT2D eigenvalue weighted by atomic mass is 10.1. The second kappa shape index (κ2) is 5.90. The summed E-state index contributed by atoms with van der Waals surface area (Å²) >= 11 is 0. The molecule has 0 aliphatic rings. The molecule has 0 fully saturated rings. The first kappa shape index (κ1) is 13.8. The lowest BCUT2D eigenvalue weighted by molar-refractivity contribution is -0.139. The van der Waals surface area contributed by atoms with Crippen LogP contribution < -0.4 is 10.1 Å². The van der Waals surface area contributed by atoms with Crippen molar-refractivity contribution >= 4 is 11.9 Å². The van der Waals surface area contributed by atoms with Crippen LogP contribution >= 0.6 is 0 Å². The number of methoxy groups -OCH3 is 1. The second-order valence-electron chi connectivity index (χ2n) is 3.63. The van der Waals surface area contributed by atoms with Crippen molar-refractivity contribution in [1.82, 2.24) is 5.32 Å². The van der Waals surface area contributed by atoms with Crippen molar-refractivity contribution in [2.45, 2.75) is 19.4 Å². The van der Waals surface area contributed by atoms with E-state index in [-0.39, 0.29) is 23.5 Å². The summed E-state index contributed by atoms with van der Waals surface area (Å²) in [6.07, 6.45) is 0.256. The van der Waals surface area contributed by atoms with Gasteiger partial charge in [-0.3, -0.25) is 4.79 Å². The molecule has 0 aliphatic heterocycles. The third-order valence-electron chi connectivity index (χ3n) is 2.48. The van der Waals surface area contributed by atoms with Crippen LogP contribution in [0.4, 0.5) is 0 Å². The number of benzene rings is 1. The van der Waals surface area contributed by atoms with Gasteiger partial charge >= 0.3 is 5.97 Å². The van der Waals surface area contributed by atoms with Crippen molar-refractivity contribution in [3.05, 3.63) is 23.8 Å². The molecule has 6 heteroatoms. The summed E-state index contributed by atoms with van der Waals surface area (Å²) in [6.45, 7) is 1.64. The second-order valence-corrected chi connectivity index (χ2v) is 3.63. The number of carboxylic acid groups (broad SMARTS) is 1. The maximum Gasteiger partial charge on any atom is 0.326 e. The number of amides is 1. The van der Waals surface area contributed by atoms with Crippen LogP contribution in [0.25, 0.3) is 0 Å². The Morgan fingerprint density at radius 2 is 2.11 bits per heavy atom. The SMILES string of the molecule is CC[C@H](NC(=O)c1cccc(OC)c1O)C(=O)O. The number of hydrogen-bond donors (Lipinski definition) is 3. The molecule has 1 aromatic rings. The maximum absolute atomic E-state index is 11.8. The van der Waals surface area contributed by atoms with Crippen molar-refractivity contribution in [1.29, 1.82) is 0 Å². The molecular weight excluding hydrogens is 238 g/mol. The molecule has 1 aromatic carbocycles. The number of para-hydroxylation sites is 1. The van der Waals surface area contributed by atoms with Crippen molar-refractivity contribution in [2.24, 2.45) is 0 Å². The van der Waals surface area contributed by atoms with Gasteiger partial charge in [-0.2, -0.15) is 0 Å². The molecule has 1 amide bonds. The van der Waals surface area contributed by atoms with Crippen LogP contribution in [0, 0.1) is 0 Å². The Balaban J connectivity index is 2.94. The molecule has 1 rings (SSSR count). The van der Waals surface area contributed by atoms with Crippen LogP contribution in [0.1, 0.15) is 23.7 Å². The molecule has 1 atom stereocenters. The number of rotatable bonds is 5. The van der Waals surface area contributed by atoms with Gasteiger partial charge in [-0.1, -0.05) is 13.0 Å². The van der Waals surface area contributed by atoms with Crippen molar-refractivity contribution in [3.63, 3.8) is 0 Å². The van der Waals surface area contributed by atoms with Crippen LogP contribution in [0.2, 0.25) is 0 Å². The summed E-state index contributed by atoms with van der Waals surface area (Å²) < 4.78 is 4.87. The van der Waals surface area contributed by atoms with E-state index >= 15 is 0 Å². The highest BCUT2D eigenvalue weighted by Gasteiger charge is 2.21. The molecular formula is C12H15NO5. The van der Waals surface area contributed by atoms with Gasteiger partial charge in [0.25, 0.3) is 5.91 Å². The Kier molecular flexibility index (Phi) is 4.53. The number of ether oxygens (including phenoxy) is 1. The van der Waals surface area contributed by atoms with Crippen LogP contribution in [0.5, 0.6) is 11.5 Å². The smallest absolute Gasteiger partial charge is 0.326 e. The molecule has 0 heterocycles. The molecule has 0 saturated heterocycles. The summed E-state index contributed by atoms with van der Waals surface area (Å²) in [7, 11) is 1.36. The number of carbonyl (C=O) groups excluding carboxylic acids is 1. The summed E-state index contributed by atoms with van der Waals surface area (Å²) in [5, 5.41) is 20.9. The minimum absolute atomic E-state index is 0.0194. The van der Waals surface area contributed by atoms with Crippen molar-refractivity contribution in [2.75, 3.05) is 7.11 Å². The van der Waals surface area contributed by atoms with Gasteiger partial charge in [0.2, 0.25) is 0 Å². The number of nitrogens with one attached hydrogen (secondary N) is 1. The minimum atomic E-state index is -1.12. The first-order valence-corrected chi connectivity index (χ1v) is 5.40. The van der Waals surface area contributed by atoms with E-state index in [1.807, 2.05) is 0 Å². The van der Waals surface area contributed by atoms with E-state index in [0.29, 0.717) is 0 Å². The number of hydrogen-bond acceptors (Lipinski definition) is 4. The van der Waals surface area contributed by atoms with Gasteiger partial charge in [-0.15, -0.1) is 0 Å². The monoisotopic (exact) mass is 253 g/mol. The molecule has 0 spiro atoms. The van der Waals surface area contributed by atoms with Gasteiger partial charge < -0.3 is 20.3 Å². The van der Waals surface area contributed by atoms with Crippen molar-refractivity contribution in [3.8, 4) is 11.5 Å². The lowest BCUT2D eigenvalue weighted by Gasteiger charge is -2.13. The summed E-state index contributed by atoms with van der Waals surface area (Å²) in [5.74, 6) is -1.92. The molecule has 3 N–H and O–H groups in total. The van der Waals surface area contributed by atoms with E-state index in [0.717, 1.165) is 0 Å². The van der Waals surface area contributed by atoms with Crippen LogP contribution in [0.3, 0.4) is 0 Å². The summed E-state index contributed by atoms with van der Waals surface area (Å²) in [6, 6.07) is 3.44. The van der Waals surface area contributed by atoms with E-state index in [4.69, 9.17) is 9.84 Å². The zero-order valence-electron chi connectivity index (χ0n) is 10.1. The topological polar surface area (TPSA) is 95.9 Å². The standard InChI is InChI=1S/C12H15NO5/c1-3-8(12(16)17)13-11(15)7-5-4-6-9(18-2)10(7)14/h4-6,8,14H,3H2,1-2H3,(H,13,15)(H,16,17)/t8-/m0/s1. The van der Waals surface area contributed by atoms with Crippen LogP contribution in [-0.4, -0.2) is 35.2 Å². The Morgan fingerprint density at radius 1 is 1.44 bits per heavy atom. The average molecular weight is 253 g/mol. The number of phenolic OH excluding ortho intramolecular Hbond substituents is 1. The normalized spacial score (nSPS) is 11.7. The molecule has 18 heavy (non-hydrogen) atoms. The number of carbonyl (C=O) groups is 2. The summed E-state index contributed by atoms with van der Waals surface area (Å²) in [5.41, 5.74) is -0.0194. The van der Waals surface area contributed by atoms with Crippen LogP contribution in [-0.2, 0) is 4.79 Å². The Bertz CT molecular complexity index is 458. The van der Waals surface area contributed by atoms with Crippen molar-refractivity contribution < 1.29 is 24.5 Å². The molecule has 0 saturated carbocycles. The minimum Gasteiger partial charge on any atom is -0.504 e. The van der Waals surface area contributed by atoms with E-state index in [9.17, 15) is 14.7 Å². The van der Waals surface area contributed by atoms with E-state index < -0.39 is 17.9 Å². The molecule has 0 aromatic heterocycles. The van der Waals surface area contributed by atoms with E-state index in [1.54, 1.807) is 6.92 Å². The molecule has 0 unspecified atom stereocenters. The Morgan fingerprint density at radius 3 is 2.61 bits per heavy atom. The highest BCUT2D eigenvalue weighted by Crippen LogP contribution is 2.29. The highest BCUT2D eigenvalue weighted by molar-refractivity contribution is 5.99. The fourth-order valence-electron chi connectivity index (χ4n) is 1.44. The van der Waals surface area contributed by atoms with E-state index in [1.165, 1.54) is 25.3 Å². The highest BCUT2D eigenvalue weighted by atomic mass is 16.5. The number of aliphatic carboxylic acids is 1. The fourth-order valence-corrected chi connectivity index (χ4v) is 1.44. The molecule has 0 radical (unpaired) electrons. The first-order valence-electron chi connectivity index (χ1n) is 5.40. The zero-order valence-corrected chi connectivity index (χ0v) is 10.1. The number of phenols is 1. The van der Waals surface area contributed by atoms with E-state index in [2.05, 4.69) is 5.32 Å². The first-order chi connectivity index (χ1) is 8.51. The third-order valence-corrected chi connectivity index (χ3v) is 2.48. The average Bonchev–Trinajstić information content (AvgIpc) is 2.35. The fraction of sp³-hybridized carbons (Fsp3) is 0.333. The number of carboxylic acids is 1. The Hall–Kier alpha value is -2.24. The van der Waals surface area contributed by atoms with Gasteiger partial charge in [0.05, 0.1) is 12.7 Å². The molecule has 98 valence electrons. The van der Waals surface area contributed by atoms with Crippen LogP contribution in [0.15, 0.2) is 18.2 Å². The number of aromatic hydroxyl groups is 1. The molecule has 0 bridgehead atoms. The Labute approximate surface area is 104 Å². The predicted molar refractivity (Wildman–Crippen MR) is 63.8 cm³/mol. The van der Waals surface area contributed by atoms with Gasteiger partial charge in [0, 0.05) is 0 Å². The molecule has 6 nitrogen and oxygen atoms in total. The molecule has 0 aliphatic carbocycles. The van der Waals surface area contributed by atoms with Gasteiger partial charge in [0.1, 0.15) is 6.04 Å². The van der Waals surface area contributed by atoms with Gasteiger partial charge in [0.15, 0.2) is 11.5 Å².